The number of hydrogen-bond donors (Lipinski definition) is 1. The summed E-state index contributed by atoms with van der Waals surface area (Å²) in [4.78, 5) is 0. The van der Waals surface area contributed by atoms with E-state index in [9.17, 15) is 5.11 Å². The molecule has 0 aliphatic carbocycles. The smallest absolute Gasteiger partial charge is 0.0563 e. The summed E-state index contributed by atoms with van der Waals surface area (Å²) in [5.74, 6) is 0.407. The Morgan fingerprint density at radius 3 is 2.42 bits per heavy atom. The van der Waals surface area contributed by atoms with Crippen molar-refractivity contribution in [2.24, 2.45) is 5.92 Å². The summed E-state index contributed by atoms with van der Waals surface area (Å²) in [6.07, 6.45) is 7.50. The van der Waals surface area contributed by atoms with Crippen LogP contribution in [0.4, 0.5) is 0 Å². The second-order valence-corrected chi connectivity index (χ2v) is 3.74. The van der Waals surface area contributed by atoms with E-state index in [-0.39, 0.29) is 6.10 Å². The monoisotopic (exact) mass is 170 g/mol. The SMILES string of the molecule is C=CCCCCC[C@H](O)C(C)C. The predicted octanol–water partition coefficient (Wildman–Crippen LogP) is 3.14. The second kappa shape index (κ2) is 7.35. The first-order chi connectivity index (χ1) is 5.68. The lowest BCUT2D eigenvalue weighted by Crippen LogP contribution is -2.13. The van der Waals surface area contributed by atoms with Crippen LogP contribution in [0.2, 0.25) is 0 Å². The quantitative estimate of drug-likeness (QED) is 0.459. The zero-order chi connectivity index (χ0) is 9.40. The van der Waals surface area contributed by atoms with Gasteiger partial charge in [0.2, 0.25) is 0 Å². The third-order valence-electron chi connectivity index (χ3n) is 2.18. The highest BCUT2D eigenvalue weighted by molar-refractivity contribution is 4.66. The van der Waals surface area contributed by atoms with E-state index >= 15 is 0 Å². The van der Waals surface area contributed by atoms with Crippen molar-refractivity contribution in [1.82, 2.24) is 0 Å². The molecule has 0 amide bonds. The van der Waals surface area contributed by atoms with Crippen LogP contribution < -0.4 is 0 Å². The Morgan fingerprint density at radius 1 is 1.25 bits per heavy atom. The first-order valence-electron chi connectivity index (χ1n) is 4.97. The van der Waals surface area contributed by atoms with E-state index in [2.05, 4.69) is 20.4 Å². The van der Waals surface area contributed by atoms with Gasteiger partial charge in [0.25, 0.3) is 0 Å². The lowest BCUT2D eigenvalue weighted by Gasteiger charge is -2.13. The minimum absolute atomic E-state index is 0.103. The van der Waals surface area contributed by atoms with Gasteiger partial charge in [-0.1, -0.05) is 32.8 Å². The number of rotatable bonds is 7. The molecule has 0 unspecified atom stereocenters. The maximum absolute atomic E-state index is 9.46. The molecule has 1 atom stereocenters. The minimum atomic E-state index is -0.103. The predicted molar refractivity (Wildman–Crippen MR) is 54.1 cm³/mol. The molecule has 0 aromatic carbocycles. The summed E-state index contributed by atoms with van der Waals surface area (Å²) in [5.41, 5.74) is 0. The molecule has 72 valence electrons. The highest BCUT2D eigenvalue weighted by Crippen LogP contribution is 2.11. The molecule has 0 aromatic heterocycles. The van der Waals surface area contributed by atoms with Gasteiger partial charge in [-0.15, -0.1) is 6.58 Å². The molecule has 0 heterocycles. The van der Waals surface area contributed by atoms with Crippen molar-refractivity contribution < 1.29 is 5.11 Å². The van der Waals surface area contributed by atoms with Gasteiger partial charge in [0.1, 0.15) is 0 Å². The largest absolute Gasteiger partial charge is 0.393 e. The lowest BCUT2D eigenvalue weighted by atomic mass is 10.0. The standard InChI is InChI=1S/C11H22O/c1-4-5-6-7-8-9-11(12)10(2)3/h4,10-12H,1,5-9H2,2-3H3/t11-/m0/s1. The van der Waals surface area contributed by atoms with Gasteiger partial charge in [-0.05, 0) is 25.2 Å². The van der Waals surface area contributed by atoms with Crippen LogP contribution in [0.25, 0.3) is 0 Å². The summed E-state index contributed by atoms with van der Waals surface area (Å²) in [7, 11) is 0. The fraction of sp³-hybridized carbons (Fsp3) is 0.818. The Balaban J connectivity index is 3.13. The summed E-state index contributed by atoms with van der Waals surface area (Å²) in [6, 6.07) is 0. The Kier molecular flexibility index (Phi) is 7.17. The average molecular weight is 170 g/mol. The van der Waals surface area contributed by atoms with Crippen LogP contribution in [-0.4, -0.2) is 11.2 Å². The molecule has 0 aliphatic rings. The van der Waals surface area contributed by atoms with Gasteiger partial charge in [-0.2, -0.15) is 0 Å². The number of allylic oxidation sites excluding steroid dienone is 1. The van der Waals surface area contributed by atoms with Gasteiger partial charge in [0.05, 0.1) is 6.10 Å². The topological polar surface area (TPSA) is 20.2 Å². The molecule has 0 radical (unpaired) electrons. The van der Waals surface area contributed by atoms with Gasteiger partial charge >= 0.3 is 0 Å². The van der Waals surface area contributed by atoms with E-state index in [0.717, 1.165) is 19.3 Å². The van der Waals surface area contributed by atoms with Crippen LogP contribution in [0, 0.1) is 5.92 Å². The highest BCUT2D eigenvalue weighted by atomic mass is 16.3. The molecule has 0 aromatic rings. The fourth-order valence-electron chi connectivity index (χ4n) is 1.15. The van der Waals surface area contributed by atoms with Crippen LogP contribution in [0.5, 0.6) is 0 Å². The minimum Gasteiger partial charge on any atom is -0.393 e. The van der Waals surface area contributed by atoms with Crippen LogP contribution in [0.3, 0.4) is 0 Å². The van der Waals surface area contributed by atoms with Crippen LogP contribution in [-0.2, 0) is 0 Å². The van der Waals surface area contributed by atoms with Crippen molar-refractivity contribution in [3.8, 4) is 0 Å². The summed E-state index contributed by atoms with van der Waals surface area (Å²) in [5, 5.41) is 9.46. The summed E-state index contributed by atoms with van der Waals surface area (Å²) < 4.78 is 0. The number of unbranched alkanes of at least 4 members (excludes halogenated alkanes) is 3. The molecule has 0 rings (SSSR count). The number of aliphatic hydroxyl groups excluding tert-OH is 1. The van der Waals surface area contributed by atoms with Gasteiger partial charge < -0.3 is 5.11 Å². The van der Waals surface area contributed by atoms with Crippen LogP contribution >= 0.6 is 0 Å². The Hall–Kier alpha value is -0.300. The average Bonchev–Trinajstić information content (AvgIpc) is 2.03. The molecule has 0 bridgehead atoms. The molecule has 12 heavy (non-hydrogen) atoms. The third-order valence-corrected chi connectivity index (χ3v) is 2.18. The first kappa shape index (κ1) is 11.7. The Bertz CT molecular complexity index is 108. The van der Waals surface area contributed by atoms with Crippen LogP contribution in [0.15, 0.2) is 12.7 Å². The molecule has 1 N–H and O–H groups in total. The fourth-order valence-corrected chi connectivity index (χ4v) is 1.15. The van der Waals surface area contributed by atoms with E-state index in [1.807, 2.05) is 6.08 Å². The normalized spacial score (nSPS) is 13.3. The van der Waals surface area contributed by atoms with Crippen LogP contribution in [0.1, 0.15) is 46.0 Å². The van der Waals surface area contributed by atoms with Crippen molar-refractivity contribution >= 4 is 0 Å². The van der Waals surface area contributed by atoms with Crippen molar-refractivity contribution in [2.75, 3.05) is 0 Å². The maximum Gasteiger partial charge on any atom is 0.0563 e. The second-order valence-electron chi connectivity index (χ2n) is 3.74. The zero-order valence-electron chi connectivity index (χ0n) is 8.42. The number of aliphatic hydroxyl groups is 1. The molecular formula is C11H22O. The molecule has 0 saturated heterocycles. The van der Waals surface area contributed by atoms with Crippen molar-refractivity contribution in [3.05, 3.63) is 12.7 Å². The zero-order valence-corrected chi connectivity index (χ0v) is 8.42. The number of hydrogen-bond acceptors (Lipinski definition) is 1. The van der Waals surface area contributed by atoms with Gasteiger partial charge in [-0.25, -0.2) is 0 Å². The molecule has 0 spiro atoms. The van der Waals surface area contributed by atoms with Gasteiger partial charge in [-0.3, -0.25) is 0 Å². The molecule has 0 saturated carbocycles. The van der Waals surface area contributed by atoms with Crippen molar-refractivity contribution in [2.45, 2.75) is 52.1 Å². The van der Waals surface area contributed by atoms with E-state index < -0.39 is 0 Å². The highest BCUT2D eigenvalue weighted by Gasteiger charge is 2.07. The maximum atomic E-state index is 9.46. The molecule has 0 fully saturated rings. The molecule has 1 heteroatoms. The summed E-state index contributed by atoms with van der Waals surface area (Å²) in [6.45, 7) is 7.80. The van der Waals surface area contributed by atoms with E-state index in [1.54, 1.807) is 0 Å². The van der Waals surface area contributed by atoms with E-state index in [1.165, 1.54) is 12.8 Å². The molecule has 1 nitrogen and oxygen atoms in total. The lowest BCUT2D eigenvalue weighted by molar-refractivity contribution is 0.113. The van der Waals surface area contributed by atoms with Crippen molar-refractivity contribution in [3.63, 3.8) is 0 Å². The summed E-state index contributed by atoms with van der Waals surface area (Å²) >= 11 is 0. The van der Waals surface area contributed by atoms with E-state index in [0.29, 0.717) is 5.92 Å². The Labute approximate surface area is 76.5 Å². The molecule has 0 aliphatic heterocycles. The van der Waals surface area contributed by atoms with E-state index in [4.69, 9.17) is 0 Å². The Morgan fingerprint density at radius 2 is 1.92 bits per heavy atom. The van der Waals surface area contributed by atoms with Gasteiger partial charge in [0.15, 0.2) is 0 Å². The first-order valence-corrected chi connectivity index (χ1v) is 4.97. The molecular weight excluding hydrogens is 148 g/mol. The van der Waals surface area contributed by atoms with Gasteiger partial charge in [0, 0.05) is 0 Å². The van der Waals surface area contributed by atoms with Crippen molar-refractivity contribution in [1.29, 1.82) is 0 Å². The third kappa shape index (κ3) is 6.41.